The van der Waals surface area contributed by atoms with E-state index in [1.807, 2.05) is 13.8 Å². The smallest absolute Gasteiger partial charge is 0.308 e. The van der Waals surface area contributed by atoms with Crippen LogP contribution in [0.4, 0.5) is 0 Å². The van der Waals surface area contributed by atoms with Crippen LogP contribution in [-0.2, 0) is 9.59 Å². The van der Waals surface area contributed by atoms with Crippen molar-refractivity contribution < 1.29 is 14.7 Å². The van der Waals surface area contributed by atoms with Crippen LogP contribution in [0.2, 0.25) is 0 Å². The maximum absolute atomic E-state index is 11.6. The molecular weight excluding hydrogens is 218 g/mol. The molecule has 0 radical (unpaired) electrons. The van der Waals surface area contributed by atoms with Crippen LogP contribution in [0.3, 0.4) is 0 Å². The molecule has 17 heavy (non-hydrogen) atoms. The first-order chi connectivity index (χ1) is 7.88. The molecule has 0 aliphatic heterocycles. The Balaban J connectivity index is 4.00. The molecule has 0 heterocycles. The molecule has 1 amide bonds. The average Bonchev–Trinajstić information content (AvgIpc) is 2.23. The van der Waals surface area contributed by atoms with Gasteiger partial charge in [0.2, 0.25) is 5.91 Å². The van der Waals surface area contributed by atoms with Crippen molar-refractivity contribution in [3.63, 3.8) is 0 Å². The molecule has 2 atom stereocenters. The molecule has 4 heteroatoms. The fraction of sp³-hybridized carbons (Fsp3) is 0.846. The molecule has 100 valence electrons. The van der Waals surface area contributed by atoms with Gasteiger partial charge in [-0.1, -0.05) is 34.1 Å². The Morgan fingerprint density at radius 2 is 1.82 bits per heavy atom. The lowest BCUT2D eigenvalue weighted by Crippen LogP contribution is -2.34. The highest BCUT2D eigenvalue weighted by molar-refractivity contribution is 5.77. The second-order valence-corrected chi connectivity index (χ2v) is 5.05. The first-order valence-corrected chi connectivity index (χ1v) is 6.37. The van der Waals surface area contributed by atoms with Crippen LogP contribution in [-0.4, -0.2) is 23.5 Å². The molecule has 0 fully saturated rings. The topological polar surface area (TPSA) is 66.4 Å². The number of rotatable bonds is 8. The van der Waals surface area contributed by atoms with Crippen molar-refractivity contribution >= 4 is 11.9 Å². The summed E-state index contributed by atoms with van der Waals surface area (Å²) in [5.74, 6) is -0.549. The molecule has 4 nitrogen and oxygen atoms in total. The Kier molecular flexibility index (Phi) is 7.59. The molecule has 0 spiro atoms. The number of hydrogen-bond acceptors (Lipinski definition) is 2. The van der Waals surface area contributed by atoms with E-state index in [2.05, 4.69) is 19.2 Å². The fourth-order valence-corrected chi connectivity index (χ4v) is 1.50. The summed E-state index contributed by atoms with van der Waals surface area (Å²) in [5.41, 5.74) is 0. The first kappa shape index (κ1) is 15.9. The van der Waals surface area contributed by atoms with Gasteiger partial charge in [-0.3, -0.25) is 9.59 Å². The van der Waals surface area contributed by atoms with Crippen LogP contribution in [0.1, 0.15) is 47.0 Å². The molecule has 0 bridgehead atoms. The largest absolute Gasteiger partial charge is 0.481 e. The van der Waals surface area contributed by atoms with Crippen LogP contribution >= 0.6 is 0 Å². The Labute approximate surface area is 104 Å². The molecule has 0 aromatic rings. The minimum Gasteiger partial charge on any atom is -0.481 e. The number of hydrogen-bond donors (Lipinski definition) is 2. The summed E-state index contributed by atoms with van der Waals surface area (Å²) in [5, 5.41) is 11.7. The van der Waals surface area contributed by atoms with E-state index in [0.29, 0.717) is 24.7 Å². The normalized spacial score (nSPS) is 14.4. The number of carbonyl (C=O) groups excluding carboxylic acids is 1. The molecule has 0 saturated heterocycles. The lowest BCUT2D eigenvalue weighted by atomic mass is 9.94. The zero-order valence-electron chi connectivity index (χ0n) is 11.3. The SMILES string of the molecule is CCCC(CNC(=O)CC(C)C(C)C)C(=O)O. The average molecular weight is 243 g/mol. The number of carboxylic acids is 1. The first-order valence-electron chi connectivity index (χ1n) is 6.37. The van der Waals surface area contributed by atoms with Gasteiger partial charge in [-0.15, -0.1) is 0 Å². The maximum Gasteiger partial charge on any atom is 0.308 e. The maximum atomic E-state index is 11.6. The molecule has 0 aromatic carbocycles. The predicted molar refractivity (Wildman–Crippen MR) is 67.7 cm³/mol. The van der Waals surface area contributed by atoms with Crippen LogP contribution in [0.5, 0.6) is 0 Å². The van der Waals surface area contributed by atoms with Gasteiger partial charge in [0.25, 0.3) is 0 Å². The zero-order valence-corrected chi connectivity index (χ0v) is 11.3. The summed E-state index contributed by atoms with van der Waals surface area (Å²) in [7, 11) is 0. The van der Waals surface area contributed by atoms with Gasteiger partial charge in [0.1, 0.15) is 0 Å². The van der Waals surface area contributed by atoms with E-state index in [1.165, 1.54) is 0 Å². The quantitative estimate of drug-likeness (QED) is 0.687. The molecular formula is C13H25NO3. The van der Waals surface area contributed by atoms with Crippen molar-refractivity contribution in [2.24, 2.45) is 17.8 Å². The molecule has 0 saturated carbocycles. The van der Waals surface area contributed by atoms with Gasteiger partial charge >= 0.3 is 5.97 Å². The summed E-state index contributed by atoms with van der Waals surface area (Å²) in [6, 6.07) is 0. The number of carbonyl (C=O) groups is 2. The monoisotopic (exact) mass is 243 g/mol. The third-order valence-corrected chi connectivity index (χ3v) is 3.18. The highest BCUT2D eigenvalue weighted by Crippen LogP contribution is 2.13. The van der Waals surface area contributed by atoms with Crippen LogP contribution < -0.4 is 5.32 Å². The number of aliphatic carboxylic acids is 1. The fourth-order valence-electron chi connectivity index (χ4n) is 1.50. The third kappa shape index (κ3) is 6.97. The standard InChI is InChI=1S/C13H25NO3/c1-5-6-11(13(16)17)8-14-12(15)7-10(4)9(2)3/h9-11H,5-8H2,1-4H3,(H,14,15)(H,16,17). The molecule has 0 aliphatic carbocycles. The number of carboxylic acid groups (broad SMARTS) is 1. The van der Waals surface area contributed by atoms with Gasteiger partial charge in [-0.25, -0.2) is 0 Å². The molecule has 0 aliphatic rings. The van der Waals surface area contributed by atoms with Crippen LogP contribution in [0.25, 0.3) is 0 Å². The van der Waals surface area contributed by atoms with Crippen molar-refractivity contribution in [2.75, 3.05) is 6.54 Å². The van der Waals surface area contributed by atoms with E-state index in [1.54, 1.807) is 0 Å². The molecule has 0 rings (SSSR count). The van der Waals surface area contributed by atoms with Crippen molar-refractivity contribution in [1.82, 2.24) is 5.32 Å². The summed E-state index contributed by atoms with van der Waals surface area (Å²) in [4.78, 5) is 22.5. The number of nitrogens with one attached hydrogen (secondary N) is 1. The summed E-state index contributed by atoms with van der Waals surface area (Å²) < 4.78 is 0. The zero-order chi connectivity index (χ0) is 13.4. The second kappa shape index (κ2) is 8.09. The van der Waals surface area contributed by atoms with E-state index in [-0.39, 0.29) is 12.5 Å². The molecule has 2 unspecified atom stereocenters. The van der Waals surface area contributed by atoms with Crippen molar-refractivity contribution in [1.29, 1.82) is 0 Å². The van der Waals surface area contributed by atoms with E-state index < -0.39 is 11.9 Å². The summed E-state index contributed by atoms with van der Waals surface area (Å²) in [6.07, 6.45) is 1.89. The highest BCUT2D eigenvalue weighted by Gasteiger charge is 2.18. The molecule has 0 aromatic heterocycles. The number of amides is 1. The minimum absolute atomic E-state index is 0.0476. The van der Waals surface area contributed by atoms with Gasteiger partial charge in [0.15, 0.2) is 0 Å². The van der Waals surface area contributed by atoms with Crippen LogP contribution in [0.15, 0.2) is 0 Å². The van der Waals surface area contributed by atoms with Gasteiger partial charge in [-0.05, 0) is 18.3 Å². The van der Waals surface area contributed by atoms with Crippen molar-refractivity contribution in [2.45, 2.75) is 47.0 Å². The summed E-state index contributed by atoms with van der Waals surface area (Å²) >= 11 is 0. The Bertz CT molecular complexity index is 251. The van der Waals surface area contributed by atoms with E-state index in [9.17, 15) is 9.59 Å². The van der Waals surface area contributed by atoms with Gasteiger partial charge < -0.3 is 10.4 Å². The van der Waals surface area contributed by atoms with Crippen molar-refractivity contribution in [3.8, 4) is 0 Å². The summed E-state index contributed by atoms with van der Waals surface area (Å²) in [6.45, 7) is 8.38. The van der Waals surface area contributed by atoms with Gasteiger partial charge in [0, 0.05) is 13.0 Å². The van der Waals surface area contributed by atoms with E-state index in [4.69, 9.17) is 5.11 Å². The Morgan fingerprint density at radius 1 is 1.24 bits per heavy atom. The minimum atomic E-state index is -0.830. The lowest BCUT2D eigenvalue weighted by Gasteiger charge is -2.16. The van der Waals surface area contributed by atoms with Gasteiger partial charge in [0.05, 0.1) is 5.92 Å². The third-order valence-electron chi connectivity index (χ3n) is 3.18. The highest BCUT2D eigenvalue weighted by atomic mass is 16.4. The lowest BCUT2D eigenvalue weighted by molar-refractivity contribution is -0.142. The van der Waals surface area contributed by atoms with Gasteiger partial charge in [-0.2, -0.15) is 0 Å². The molecule has 2 N–H and O–H groups in total. The van der Waals surface area contributed by atoms with Crippen molar-refractivity contribution in [3.05, 3.63) is 0 Å². The van der Waals surface area contributed by atoms with Crippen LogP contribution in [0, 0.1) is 17.8 Å². The predicted octanol–water partition coefficient (Wildman–Crippen LogP) is 2.29. The Morgan fingerprint density at radius 3 is 2.24 bits per heavy atom. The van der Waals surface area contributed by atoms with E-state index in [0.717, 1.165) is 6.42 Å². The Hall–Kier alpha value is -1.06. The second-order valence-electron chi connectivity index (χ2n) is 5.05. The van der Waals surface area contributed by atoms with E-state index >= 15 is 0 Å².